The Kier molecular flexibility index (Phi) is 6.21. The third-order valence-corrected chi connectivity index (χ3v) is 2.08. The van der Waals surface area contributed by atoms with Crippen LogP contribution in [0.1, 0.15) is 29.4 Å². The second kappa shape index (κ2) is 7.76. The van der Waals surface area contributed by atoms with Gasteiger partial charge in [0.05, 0.1) is 6.61 Å². The van der Waals surface area contributed by atoms with Gasteiger partial charge >= 0.3 is 5.97 Å². The van der Waals surface area contributed by atoms with Gasteiger partial charge in [-0.25, -0.2) is 9.78 Å². The van der Waals surface area contributed by atoms with Gasteiger partial charge in [0, 0.05) is 19.3 Å². The van der Waals surface area contributed by atoms with Gasteiger partial charge in [-0.1, -0.05) is 13.0 Å². The maximum atomic E-state index is 11.5. The second-order valence-corrected chi connectivity index (χ2v) is 3.50. The average molecular weight is 238 g/mol. The summed E-state index contributed by atoms with van der Waals surface area (Å²) in [6.45, 7) is 3.78. The fourth-order valence-electron chi connectivity index (χ4n) is 1.18. The first-order chi connectivity index (χ1) is 8.27. The first-order valence-corrected chi connectivity index (χ1v) is 5.67. The fourth-order valence-corrected chi connectivity index (χ4v) is 1.18. The third-order valence-electron chi connectivity index (χ3n) is 2.08. The van der Waals surface area contributed by atoms with Gasteiger partial charge in [0.15, 0.2) is 0 Å². The largest absolute Gasteiger partial charge is 0.459 e. The lowest BCUT2D eigenvalue weighted by molar-refractivity contribution is 0.0313. The Morgan fingerprint density at radius 1 is 1.35 bits per heavy atom. The standard InChI is InChI=1S/C12H18N2O3/c1-2-5-16-6-7-17-12(15)11-4-3-10(8-13)9-14-11/h3-4,9H,2,5-8,13H2,1H3. The number of carbonyl (C=O) groups excluding carboxylic acids is 1. The molecule has 0 aliphatic heterocycles. The Balaban J connectivity index is 2.31. The van der Waals surface area contributed by atoms with Crippen LogP contribution in [0.25, 0.3) is 0 Å². The molecule has 0 aliphatic carbocycles. The van der Waals surface area contributed by atoms with Crippen molar-refractivity contribution >= 4 is 5.97 Å². The summed E-state index contributed by atoms with van der Waals surface area (Å²) in [6, 6.07) is 3.37. The molecule has 0 atom stereocenters. The molecule has 1 heterocycles. The number of nitrogens with zero attached hydrogens (tertiary/aromatic N) is 1. The molecule has 17 heavy (non-hydrogen) atoms. The van der Waals surface area contributed by atoms with Crippen LogP contribution in [-0.4, -0.2) is 30.8 Å². The number of carbonyl (C=O) groups is 1. The van der Waals surface area contributed by atoms with Crippen LogP contribution in [0.5, 0.6) is 0 Å². The number of nitrogens with two attached hydrogens (primary N) is 1. The van der Waals surface area contributed by atoms with E-state index in [0.717, 1.165) is 12.0 Å². The molecule has 0 radical (unpaired) electrons. The molecule has 1 aromatic heterocycles. The minimum absolute atomic E-state index is 0.249. The van der Waals surface area contributed by atoms with E-state index in [1.807, 2.05) is 6.92 Å². The molecule has 0 unspecified atom stereocenters. The van der Waals surface area contributed by atoms with Crippen LogP contribution in [0, 0.1) is 0 Å². The Bertz CT molecular complexity index is 338. The van der Waals surface area contributed by atoms with Crippen molar-refractivity contribution in [2.45, 2.75) is 19.9 Å². The van der Waals surface area contributed by atoms with Gasteiger partial charge in [0.25, 0.3) is 0 Å². The van der Waals surface area contributed by atoms with Crippen LogP contribution in [0.4, 0.5) is 0 Å². The average Bonchev–Trinajstić information content (AvgIpc) is 2.38. The molecule has 0 saturated carbocycles. The second-order valence-electron chi connectivity index (χ2n) is 3.50. The van der Waals surface area contributed by atoms with E-state index in [-0.39, 0.29) is 12.3 Å². The normalized spacial score (nSPS) is 10.2. The SMILES string of the molecule is CCCOCCOC(=O)c1ccc(CN)cn1. The molecule has 0 saturated heterocycles. The summed E-state index contributed by atoms with van der Waals surface area (Å²) in [5.74, 6) is -0.436. The molecule has 0 amide bonds. The highest BCUT2D eigenvalue weighted by atomic mass is 16.6. The Labute approximate surface area is 101 Å². The van der Waals surface area contributed by atoms with E-state index in [1.54, 1.807) is 18.3 Å². The molecule has 0 aliphatic rings. The molecule has 0 fully saturated rings. The van der Waals surface area contributed by atoms with Crippen LogP contribution < -0.4 is 5.73 Å². The van der Waals surface area contributed by atoms with E-state index in [1.165, 1.54) is 0 Å². The Hall–Kier alpha value is -1.46. The van der Waals surface area contributed by atoms with E-state index >= 15 is 0 Å². The van der Waals surface area contributed by atoms with E-state index in [4.69, 9.17) is 15.2 Å². The van der Waals surface area contributed by atoms with Gasteiger partial charge in [0.2, 0.25) is 0 Å². The minimum Gasteiger partial charge on any atom is -0.459 e. The summed E-state index contributed by atoms with van der Waals surface area (Å²) < 4.78 is 10.2. The van der Waals surface area contributed by atoms with E-state index < -0.39 is 5.97 Å². The number of pyridine rings is 1. The number of hydrogen-bond acceptors (Lipinski definition) is 5. The van der Waals surface area contributed by atoms with Gasteiger partial charge in [-0.3, -0.25) is 0 Å². The Morgan fingerprint density at radius 2 is 2.18 bits per heavy atom. The summed E-state index contributed by atoms with van der Waals surface area (Å²) in [5, 5.41) is 0. The topological polar surface area (TPSA) is 74.4 Å². The molecular formula is C12H18N2O3. The highest BCUT2D eigenvalue weighted by Crippen LogP contribution is 2.01. The van der Waals surface area contributed by atoms with Crippen molar-refractivity contribution in [3.8, 4) is 0 Å². The lowest BCUT2D eigenvalue weighted by atomic mass is 10.2. The summed E-state index contributed by atoms with van der Waals surface area (Å²) in [5.41, 5.74) is 6.60. The smallest absolute Gasteiger partial charge is 0.356 e. The zero-order chi connectivity index (χ0) is 12.5. The van der Waals surface area contributed by atoms with Crippen LogP contribution in [0.15, 0.2) is 18.3 Å². The van der Waals surface area contributed by atoms with Crippen LogP contribution in [0.3, 0.4) is 0 Å². The molecule has 1 aromatic rings. The lowest BCUT2D eigenvalue weighted by Crippen LogP contribution is -2.12. The molecule has 0 aromatic carbocycles. The molecule has 2 N–H and O–H groups in total. The minimum atomic E-state index is -0.436. The first kappa shape index (κ1) is 13.6. The van der Waals surface area contributed by atoms with Crippen molar-refractivity contribution in [1.82, 2.24) is 4.98 Å². The predicted molar refractivity (Wildman–Crippen MR) is 63.5 cm³/mol. The summed E-state index contributed by atoms with van der Waals surface area (Å²) >= 11 is 0. The number of ether oxygens (including phenoxy) is 2. The van der Waals surface area contributed by atoms with Gasteiger partial charge in [-0.05, 0) is 18.1 Å². The number of aromatic nitrogens is 1. The van der Waals surface area contributed by atoms with Crippen molar-refractivity contribution < 1.29 is 14.3 Å². The fraction of sp³-hybridized carbons (Fsp3) is 0.500. The predicted octanol–water partition coefficient (Wildman–Crippen LogP) is 1.12. The number of rotatable bonds is 7. The van der Waals surface area contributed by atoms with Gasteiger partial charge in [-0.2, -0.15) is 0 Å². The molecule has 94 valence electrons. The van der Waals surface area contributed by atoms with Crippen LogP contribution in [-0.2, 0) is 16.0 Å². The summed E-state index contributed by atoms with van der Waals surface area (Å²) in [4.78, 5) is 15.5. The highest BCUT2D eigenvalue weighted by molar-refractivity contribution is 5.87. The number of esters is 1. The van der Waals surface area contributed by atoms with E-state index in [9.17, 15) is 4.79 Å². The molecular weight excluding hydrogens is 220 g/mol. The van der Waals surface area contributed by atoms with Crippen molar-refractivity contribution in [1.29, 1.82) is 0 Å². The third kappa shape index (κ3) is 4.93. The molecule has 1 rings (SSSR count). The van der Waals surface area contributed by atoms with Crippen LogP contribution in [0.2, 0.25) is 0 Å². The van der Waals surface area contributed by atoms with Gasteiger partial charge in [0.1, 0.15) is 12.3 Å². The van der Waals surface area contributed by atoms with E-state index in [2.05, 4.69) is 4.98 Å². The van der Waals surface area contributed by atoms with Gasteiger partial charge in [-0.15, -0.1) is 0 Å². The van der Waals surface area contributed by atoms with Crippen molar-refractivity contribution in [3.05, 3.63) is 29.6 Å². The summed E-state index contributed by atoms with van der Waals surface area (Å²) in [7, 11) is 0. The first-order valence-electron chi connectivity index (χ1n) is 5.67. The van der Waals surface area contributed by atoms with Gasteiger partial charge < -0.3 is 15.2 Å². The summed E-state index contributed by atoms with van der Waals surface area (Å²) in [6.07, 6.45) is 2.53. The highest BCUT2D eigenvalue weighted by Gasteiger charge is 2.07. The monoisotopic (exact) mass is 238 g/mol. The van der Waals surface area contributed by atoms with Crippen molar-refractivity contribution in [2.75, 3.05) is 19.8 Å². The molecule has 0 spiro atoms. The molecule has 5 nitrogen and oxygen atoms in total. The zero-order valence-electron chi connectivity index (χ0n) is 10.0. The van der Waals surface area contributed by atoms with E-state index in [0.29, 0.717) is 19.8 Å². The Morgan fingerprint density at radius 3 is 2.76 bits per heavy atom. The van der Waals surface area contributed by atoms with Crippen molar-refractivity contribution in [2.24, 2.45) is 5.73 Å². The van der Waals surface area contributed by atoms with Crippen LogP contribution >= 0.6 is 0 Å². The lowest BCUT2D eigenvalue weighted by Gasteiger charge is -2.05. The zero-order valence-corrected chi connectivity index (χ0v) is 10.0. The van der Waals surface area contributed by atoms with Crippen molar-refractivity contribution in [3.63, 3.8) is 0 Å². The quantitative estimate of drug-likeness (QED) is 0.569. The maximum Gasteiger partial charge on any atom is 0.356 e. The maximum absolute atomic E-state index is 11.5. The number of hydrogen-bond donors (Lipinski definition) is 1. The molecule has 0 bridgehead atoms. The molecule has 5 heteroatoms.